The standard InChI is InChI=1S/C13H21N3/c1-13(2,3)10-6-8-16(9-10)11-5-4-7-15-12(11)14/h4-5,7,10H,6,8-9H2,1-3H3,(H2,14,15). The van der Waals surface area contributed by atoms with Gasteiger partial charge >= 0.3 is 0 Å². The van der Waals surface area contributed by atoms with E-state index in [0.717, 1.165) is 24.7 Å². The molecule has 0 amide bonds. The van der Waals surface area contributed by atoms with Crippen LogP contribution in [0.15, 0.2) is 18.3 Å². The lowest BCUT2D eigenvalue weighted by molar-refractivity contribution is 0.263. The molecule has 1 aliphatic heterocycles. The van der Waals surface area contributed by atoms with E-state index in [0.29, 0.717) is 11.2 Å². The number of hydrogen-bond acceptors (Lipinski definition) is 3. The Balaban J connectivity index is 2.13. The third-order valence-corrected chi connectivity index (χ3v) is 3.57. The van der Waals surface area contributed by atoms with Crippen LogP contribution in [0.4, 0.5) is 11.5 Å². The van der Waals surface area contributed by atoms with Gasteiger partial charge in [-0.3, -0.25) is 0 Å². The molecule has 2 rings (SSSR count). The molecule has 1 fully saturated rings. The summed E-state index contributed by atoms with van der Waals surface area (Å²) in [6.07, 6.45) is 2.99. The Bertz CT molecular complexity index is 368. The zero-order valence-electron chi connectivity index (χ0n) is 10.4. The summed E-state index contributed by atoms with van der Waals surface area (Å²) in [7, 11) is 0. The lowest BCUT2D eigenvalue weighted by atomic mass is 9.80. The van der Waals surface area contributed by atoms with Crippen molar-refractivity contribution in [3.8, 4) is 0 Å². The number of anilines is 2. The average molecular weight is 219 g/mol. The van der Waals surface area contributed by atoms with Gasteiger partial charge in [-0.1, -0.05) is 20.8 Å². The Labute approximate surface area is 97.7 Å². The molecule has 0 saturated carbocycles. The van der Waals surface area contributed by atoms with Crippen molar-refractivity contribution in [1.82, 2.24) is 4.98 Å². The predicted molar refractivity (Wildman–Crippen MR) is 68.4 cm³/mol. The van der Waals surface area contributed by atoms with Gasteiger partial charge in [-0.15, -0.1) is 0 Å². The van der Waals surface area contributed by atoms with Crippen LogP contribution in [0.3, 0.4) is 0 Å². The number of pyridine rings is 1. The van der Waals surface area contributed by atoms with Gasteiger partial charge in [-0.2, -0.15) is 0 Å². The SMILES string of the molecule is CC(C)(C)C1CCN(c2cccnc2N)C1. The molecular weight excluding hydrogens is 198 g/mol. The second-order valence-corrected chi connectivity index (χ2v) is 5.71. The van der Waals surface area contributed by atoms with Gasteiger partial charge < -0.3 is 10.6 Å². The zero-order valence-corrected chi connectivity index (χ0v) is 10.4. The van der Waals surface area contributed by atoms with Gasteiger partial charge in [0.1, 0.15) is 5.82 Å². The highest BCUT2D eigenvalue weighted by atomic mass is 15.2. The van der Waals surface area contributed by atoms with E-state index in [1.807, 2.05) is 6.07 Å². The van der Waals surface area contributed by atoms with Gasteiger partial charge in [0.15, 0.2) is 0 Å². The lowest BCUT2D eigenvalue weighted by Gasteiger charge is -2.27. The molecule has 16 heavy (non-hydrogen) atoms. The summed E-state index contributed by atoms with van der Waals surface area (Å²) in [5.41, 5.74) is 7.37. The monoisotopic (exact) mass is 219 g/mol. The Morgan fingerprint density at radius 2 is 2.19 bits per heavy atom. The number of nitrogens with two attached hydrogens (primary N) is 1. The van der Waals surface area contributed by atoms with Crippen molar-refractivity contribution in [1.29, 1.82) is 0 Å². The third kappa shape index (κ3) is 2.13. The normalized spacial score (nSPS) is 21.4. The average Bonchev–Trinajstić information content (AvgIpc) is 2.66. The van der Waals surface area contributed by atoms with Crippen LogP contribution < -0.4 is 10.6 Å². The molecule has 0 spiro atoms. The summed E-state index contributed by atoms with van der Waals surface area (Å²) >= 11 is 0. The Morgan fingerprint density at radius 1 is 1.44 bits per heavy atom. The van der Waals surface area contributed by atoms with Crippen molar-refractivity contribution in [3.63, 3.8) is 0 Å². The molecule has 0 bridgehead atoms. The van der Waals surface area contributed by atoms with Crippen LogP contribution >= 0.6 is 0 Å². The number of nitrogens with zero attached hydrogens (tertiary/aromatic N) is 2. The predicted octanol–water partition coefficient (Wildman–Crippen LogP) is 2.54. The Morgan fingerprint density at radius 3 is 2.75 bits per heavy atom. The van der Waals surface area contributed by atoms with E-state index in [-0.39, 0.29) is 0 Å². The number of rotatable bonds is 1. The van der Waals surface area contributed by atoms with E-state index in [2.05, 4.69) is 36.7 Å². The molecule has 1 aliphatic rings. The Hall–Kier alpha value is -1.25. The minimum atomic E-state index is 0.381. The van der Waals surface area contributed by atoms with Crippen molar-refractivity contribution < 1.29 is 0 Å². The van der Waals surface area contributed by atoms with E-state index >= 15 is 0 Å². The van der Waals surface area contributed by atoms with Crippen LogP contribution in [0.5, 0.6) is 0 Å². The highest BCUT2D eigenvalue weighted by Crippen LogP contribution is 2.36. The van der Waals surface area contributed by atoms with E-state index in [1.54, 1.807) is 6.20 Å². The van der Waals surface area contributed by atoms with Crippen LogP contribution in [0, 0.1) is 11.3 Å². The van der Waals surface area contributed by atoms with E-state index in [1.165, 1.54) is 6.42 Å². The summed E-state index contributed by atoms with van der Waals surface area (Å²) in [4.78, 5) is 6.51. The molecule has 1 aromatic rings. The first-order chi connectivity index (χ1) is 7.48. The first-order valence-electron chi connectivity index (χ1n) is 5.94. The number of aromatic nitrogens is 1. The minimum Gasteiger partial charge on any atom is -0.382 e. The molecule has 1 atom stereocenters. The molecular formula is C13H21N3. The van der Waals surface area contributed by atoms with Crippen molar-refractivity contribution >= 4 is 11.5 Å². The molecule has 2 N–H and O–H groups in total. The molecule has 0 aromatic carbocycles. The van der Waals surface area contributed by atoms with Crippen LogP contribution in [0.1, 0.15) is 27.2 Å². The summed E-state index contributed by atoms with van der Waals surface area (Å²) < 4.78 is 0. The Kier molecular flexibility index (Phi) is 2.78. The molecule has 1 aromatic heterocycles. The van der Waals surface area contributed by atoms with Crippen LogP contribution in [0.25, 0.3) is 0 Å². The van der Waals surface area contributed by atoms with Gasteiger partial charge in [0, 0.05) is 19.3 Å². The van der Waals surface area contributed by atoms with Crippen LogP contribution in [0.2, 0.25) is 0 Å². The molecule has 3 heteroatoms. The molecule has 0 radical (unpaired) electrons. The summed E-state index contributed by atoms with van der Waals surface area (Å²) in [6.45, 7) is 9.13. The maximum absolute atomic E-state index is 5.90. The maximum Gasteiger partial charge on any atom is 0.146 e. The summed E-state index contributed by atoms with van der Waals surface area (Å²) in [5.74, 6) is 1.39. The summed E-state index contributed by atoms with van der Waals surface area (Å²) in [6, 6.07) is 4.02. The molecule has 1 unspecified atom stereocenters. The minimum absolute atomic E-state index is 0.381. The second kappa shape index (κ2) is 3.96. The number of nitrogen functional groups attached to an aromatic ring is 1. The van der Waals surface area contributed by atoms with Gasteiger partial charge in [0.2, 0.25) is 0 Å². The topological polar surface area (TPSA) is 42.2 Å². The fraction of sp³-hybridized carbons (Fsp3) is 0.615. The maximum atomic E-state index is 5.90. The van der Waals surface area contributed by atoms with Gasteiger partial charge in [0.25, 0.3) is 0 Å². The first kappa shape index (κ1) is 11.2. The largest absolute Gasteiger partial charge is 0.382 e. The van der Waals surface area contributed by atoms with Gasteiger partial charge in [-0.05, 0) is 29.9 Å². The number of hydrogen-bond donors (Lipinski definition) is 1. The van der Waals surface area contributed by atoms with E-state index < -0.39 is 0 Å². The second-order valence-electron chi connectivity index (χ2n) is 5.71. The van der Waals surface area contributed by atoms with Crippen molar-refractivity contribution in [3.05, 3.63) is 18.3 Å². The van der Waals surface area contributed by atoms with Crippen molar-refractivity contribution in [2.24, 2.45) is 11.3 Å². The van der Waals surface area contributed by atoms with Gasteiger partial charge in [-0.25, -0.2) is 4.98 Å². The van der Waals surface area contributed by atoms with Crippen LogP contribution in [-0.2, 0) is 0 Å². The quantitative estimate of drug-likeness (QED) is 0.789. The van der Waals surface area contributed by atoms with Crippen molar-refractivity contribution in [2.75, 3.05) is 23.7 Å². The highest BCUT2D eigenvalue weighted by Gasteiger charge is 2.32. The molecule has 3 nitrogen and oxygen atoms in total. The zero-order chi connectivity index (χ0) is 11.8. The molecule has 88 valence electrons. The van der Waals surface area contributed by atoms with E-state index in [9.17, 15) is 0 Å². The fourth-order valence-corrected chi connectivity index (χ4v) is 2.36. The van der Waals surface area contributed by atoms with Crippen LogP contribution in [-0.4, -0.2) is 18.1 Å². The first-order valence-corrected chi connectivity index (χ1v) is 5.94. The molecule has 2 heterocycles. The fourth-order valence-electron chi connectivity index (χ4n) is 2.36. The lowest BCUT2D eigenvalue weighted by Crippen LogP contribution is -2.26. The highest BCUT2D eigenvalue weighted by molar-refractivity contribution is 5.63. The van der Waals surface area contributed by atoms with Gasteiger partial charge in [0.05, 0.1) is 5.69 Å². The summed E-state index contributed by atoms with van der Waals surface area (Å²) in [5, 5.41) is 0. The molecule has 1 saturated heterocycles. The van der Waals surface area contributed by atoms with E-state index in [4.69, 9.17) is 5.73 Å². The molecule has 0 aliphatic carbocycles. The van der Waals surface area contributed by atoms with Crippen molar-refractivity contribution in [2.45, 2.75) is 27.2 Å². The smallest absolute Gasteiger partial charge is 0.146 e. The third-order valence-electron chi connectivity index (χ3n) is 3.57.